The zero-order chi connectivity index (χ0) is 17.4. The van der Waals surface area contributed by atoms with Crippen LogP contribution in [0.25, 0.3) is 0 Å². The van der Waals surface area contributed by atoms with E-state index in [9.17, 15) is 27.2 Å². The first-order chi connectivity index (χ1) is 10.6. The lowest BCUT2D eigenvalue weighted by molar-refractivity contribution is -0.140. The molecular formula is C14H15F4N3O2. The van der Waals surface area contributed by atoms with E-state index >= 15 is 0 Å². The van der Waals surface area contributed by atoms with Crippen LogP contribution in [0.4, 0.5) is 22.4 Å². The van der Waals surface area contributed by atoms with Gasteiger partial charge in [0.25, 0.3) is 0 Å². The van der Waals surface area contributed by atoms with Crippen LogP contribution in [-0.2, 0) is 17.5 Å². The number of carbonyl (C=O) groups excluding carboxylic acids is 2. The summed E-state index contributed by atoms with van der Waals surface area (Å²) >= 11 is 0. The fraction of sp³-hybridized carbons (Fsp3) is 0.429. The van der Waals surface area contributed by atoms with Crippen LogP contribution in [0.3, 0.4) is 0 Å². The maximum Gasteiger partial charge on any atom is 0.419 e. The quantitative estimate of drug-likeness (QED) is 0.858. The molecule has 1 aromatic rings. The molecule has 1 saturated heterocycles. The van der Waals surface area contributed by atoms with Crippen LogP contribution < -0.4 is 5.32 Å². The van der Waals surface area contributed by atoms with Crippen LogP contribution in [0, 0.1) is 5.82 Å². The molecule has 0 radical (unpaired) electrons. The Balaban J connectivity index is 2.07. The zero-order valence-corrected chi connectivity index (χ0v) is 12.4. The number of hydrogen-bond acceptors (Lipinski definition) is 2. The number of amides is 3. The maximum absolute atomic E-state index is 13.9. The van der Waals surface area contributed by atoms with E-state index in [4.69, 9.17) is 0 Å². The summed E-state index contributed by atoms with van der Waals surface area (Å²) in [5, 5.41) is 2.37. The van der Waals surface area contributed by atoms with Crippen molar-refractivity contribution in [3.63, 3.8) is 0 Å². The highest BCUT2D eigenvalue weighted by Gasteiger charge is 2.37. The molecule has 2 rings (SSSR count). The molecule has 126 valence electrons. The third-order valence-electron chi connectivity index (χ3n) is 3.68. The molecule has 0 bridgehead atoms. The largest absolute Gasteiger partial charge is 0.419 e. The van der Waals surface area contributed by atoms with E-state index in [2.05, 4.69) is 5.32 Å². The molecule has 1 aromatic carbocycles. The molecule has 1 heterocycles. The van der Waals surface area contributed by atoms with Gasteiger partial charge in [0.1, 0.15) is 11.9 Å². The molecule has 1 aliphatic rings. The number of nitrogens with zero attached hydrogens (tertiary/aromatic N) is 2. The van der Waals surface area contributed by atoms with Crippen molar-refractivity contribution in [2.24, 2.45) is 0 Å². The predicted molar refractivity (Wildman–Crippen MR) is 72.8 cm³/mol. The normalized spacial score (nSPS) is 18.5. The van der Waals surface area contributed by atoms with Gasteiger partial charge in [-0.1, -0.05) is 12.1 Å². The van der Waals surface area contributed by atoms with Gasteiger partial charge in [-0.05, 0) is 6.07 Å². The summed E-state index contributed by atoms with van der Waals surface area (Å²) in [6.07, 6.45) is -4.80. The van der Waals surface area contributed by atoms with Crippen molar-refractivity contribution < 1.29 is 27.2 Å². The van der Waals surface area contributed by atoms with Gasteiger partial charge in [0.05, 0.1) is 12.1 Å². The average molecular weight is 333 g/mol. The second-order valence-corrected chi connectivity index (χ2v) is 5.28. The molecule has 3 amide bonds. The molecule has 0 aliphatic carbocycles. The van der Waals surface area contributed by atoms with E-state index in [-0.39, 0.29) is 18.1 Å². The van der Waals surface area contributed by atoms with Crippen molar-refractivity contribution in [2.75, 3.05) is 20.6 Å². The molecule has 0 spiro atoms. The highest BCUT2D eigenvalue weighted by molar-refractivity contribution is 5.90. The first-order valence-corrected chi connectivity index (χ1v) is 6.73. The third-order valence-corrected chi connectivity index (χ3v) is 3.68. The standard InChI is InChI=1S/C14H15F4N3O2/c1-20-7-10(21(2)13(20)23)12(22)19-6-8-4-3-5-9(11(8)15)14(16,17)18/h3-5,10H,6-7H2,1-2H3,(H,19,22). The summed E-state index contributed by atoms with van der Waals surface area (Å²) < 4.78 is 51.8. The van der Waals surface area contributed by atoms with Crippen LogP contribution in [-0.4, -0.2) is 48.4 Å². The number of halogens is 4. The lowest BCUT2D eigenvalue weighted by Crippen LogP contribution is -2.43. The molecule has 23 heavy (non-hydrogen) atoms. The van der Waals surface area contributed by atoms with Gasteiger partial charge in [-0.2, -0.15) is 13.2 Å². The number of urea groups is 1. The smallest absolute Gasteiger partial charge is 0.350 e. The lowest BCUT2D eigenvalue weighted by atomic mass is 10.1. The van der Waals surface area contributed by atoms with Gasteiger partial charge in [0.2, 0.25) is 5.91 Å². The predicted octanol–water partition coefficient (Wildman–Crippen LogP) is 1.83. The maximum atomic E-state index is 13.9. The van der Waals surface area contributed by atoms with Crippen LogP contribution in [0.15, 0.2) is 18.2 Å². The number of likely N-dealkylation sites (N-methyl/N-ethyl adjacent to an activating group) is 2. The molecule has 0 saturated carbocycles. The lowest BCUT2D eigenvalue weighted by Gasteiger charge is -2.18. The van der Waals surface area contributed by atoms with Gasteiger partial charge in [-0.25, -0.2) is 9.18 Å². The fourth-order valence-corrected chi connectivity index (χ4v) is 2.36. The van der Waals surface area contributed by atoms with Crippen LogP contribution in [0.5, 0.6) is 0 Å². The van der Waals surface area contributed by atoms with Gasteiger partial charge < -0.3 is 15.1 Å². The summed E-state index contributed by atoms with van der Waals surface area (Å²) in [5.41, 5.74) is -1.65. The Hall–Kier alpha value is -2.32. The molecule has 1 unspecified atom stereocenters. The summed E-state index contributed by atoms with van der Waals surface area (Å²) in [6.45, 7) is -0.233. The SMILES string of the molecule is CN1CC(C(=O)NCc2cccc(C(F)(F)F)c2F)N(C)C1=O. The van der Waals surface area contributed by atoms with Crippen LogP contribution >= 0.6 is 0 Å². The monoisotopic (exact) mass is 333 g/mol. The minimum atomic E-state index is -4.80. The molecule has 1 N–H and O–H groups in total. The fourth-order valence-electron chi connectivity index (χ4n) is 2.36. The number of carbonyl (C=O) groups is 2. The Labute approximate surface area is 129 Å². The van der Waals surface area contributed by atoms with Crippen molar-refractivity contribution in [2.45, 2.75) is 18.8 Å². The summed E-state index contributed by atoms with van der Waals surface area (Å²) in [4.78, 5) is 26.2. The average Bonchev–Trinajstić information content (AvgIpc) is 2.72. The van der Waals surface area contributed by atoms with Crippen molar-refractivity contribution in [1.82, 2.24) is 15.1 Å². The van der Waals surface area contributed by atoms with E-state index in [0.717, 1.165) is 6.07 Å². The third kappa shape index (κ3) is 3.38. The molecule has 5 nitrogen and oxygen atoms in total. The molecule has 9 heteroatoms. The topological polar surface area (TPSA) is 52.7 Å². The Morgan fingerprint density at radius 3 is 2.52 bits per heavy atom. The number of rotatable bonds is 3. The Morgan fingerprint density at radius 2 is 2.00 bits per heavy atom. The summed E-state index contributed by atoms with van der Waals surface area (Å²) in [6, 6.07) is 1.78. The van der Waals surface area contributed by atoms with Crippen molar-refractivity contribution >= 4 is 11.9 Å². The highest BCUT2D eigenvalue weighted by atomic mass is 19.4. The Bertz CT molecular complexity index is 633. The van der Waals surface area contributed by atoms with E-state index in [1.54, 1.807) is 0 Å². The first kappa shape index (κ1) is 17.0. The van der Waals surface area contributed by atoms with Gasteiger partial charge in [0.15, 0.2) is 0 Å². The van der Waals surface area contributed by atoms with Crippen molar-refractivity contribution in [1.29, 1.82) is 0 Å². The number of hydrogen-bond donors (Lipinski definition) is 1. The van der Waals surface area contributed by atoms with E-state index in [0.29, 0.717) is 6.07 Å². The van der Waals surface area contributed by atoms with Gasteiger partial charge in [0, 0.05) is 26.2 Å². The number of nitrogens with one attached hydrogen (secondary N) is 1. The minimum Gasteiger partial charge on any atom is -0.350 e. The molecule has 1 fully saturated rings. The summed E-state index contributed by atoms with van der Waals surface area (Å²) in [7, 11) is 2.97. The zero-order valence-electron chi connectivity index (χ0n) is 12.4. The number of alkyl halides is 3. The first-order valence-electron chi connectivity index (χ1n) is 6.73. The van der Waals surface area contributed by atoms with Crippen LogP contribution in [0.2, 0.25) is 0 Å². The molecule has 1 aliphatic heterocycles. The molecular weight excluding hydrogens is 318 g/mol. The van der Waals surface area contributed by atoms with Crippen LogP contribution in [0.1, 0.15) is 11.1 Å². The Morgan fingerprint density at radius 1 is 1.35 bits per heavy atom. The van der Waals surface area contributed by atoms with E-state index < -0.39 is 36.1 Å². The number of benzene rings is 1. The van der Waals surface area contributed by atoms with Gasteiger partial charge >= 0.3 is 12.2 Å². The summed E-state index contributed by atoms with van der Waals surface area (Å²) in [5.74, 6) is -1.96. The molecule has 1 atom stereocenters. The van der Waals surface area contributed by atoms with Crippen molar-refractivity contribution in [3.05, 3.63) is 35.1 Å². The van der Waals surface area contributed by atoms with Crippen molar-refractivity contribution in [3.8, 4) is 0 Å². The van der Waals surface area contributed by atoms with E-state index in [1.165, 1.54) is 30.0 Å². The minimum absolute atomic E-state index is 0.159. The Kier molecular flexibility index (Phi) is 4.49. The molecule has 0 aromatic heterocycles. The van der Waals surface area contributed by atoms with E-state index in [1.807, 2.05) is 0 Å². The second kappa shape index (κ2) is 6.05. The van der Waals surface area contributed by atoms with Gasteiger partial charge in [-0.15, -0.1) is 0 Å². The van der Waals surface area contributed by atoms with Gasteiger partial charge in [-0.3, -0.25) is 4.79 Å². The highest BCUT2D eigenvalue weighted by Crippen LogP contribution is 2.32. The second-order valence-electron chi connectivity index (χ2n) is 5.28.